The van der Waals surface area contributed by atoms with Crippen LogP contribution in [0, 0.1) is 13.8 Å². The molecular weight excluding hydrogens is 436 g/mol. The van der Waals surface area contributed by atoms with Crippen LogP contribution in [0.25, 0.3) is 0 Å². The second-order valence-corrected chi connectivity index (χ2v) is 9.12. The minimum absolute atomic E-state index is 0.0269. The van der Waals surface area contributed by atoms with Crippen LogP contribution in [0.5, 0.6) is 5.75 Å². The van der Waals surface area contributed by atoms with Crippen LogP contribution in [-0.2, 0) is 16.6 Å². The summed E-state index contributed by atoms with van der Waals surface area (Å²) in [5.41, 5.74) is 3.13. The molecule has 3 aromatic rings. The van der Waals surface area contributed by atoms with Gasteiger partial charge in [-0.25, -0.2) is 8.42 Å². The van der Waals surface area contributed by atoms with Gasteiger partial charge in [-0.05, 0) is 55.3 Å². The Balaban J connectivity index is 1.83. The topological polar surface area (TPSA) is 84.5 Å². The van der Waals surface area contributed by atoms with Crippen LogP contribution in [0.4, 0.5) is 5.69 Å². The molecule has 3 aromatic carbocycles. The van der Waals surface area contributed by atoms with Crippen molar-refractivity contribution in [2.75, 3.05) is 11.8 Å². The van der Waals surface area contributed by atoms with Crippen molar-refractivity contribution in [3.8, 4) is 5.75 Å². The summed E-state index contributed by atoms with van der Waals surface area (Å²) in [4.78, 5) is 12.5. The number of halogens is 1. The molecule has 3 rings (SSSR count). The van der Waals surface area contributed by atoms with Crippen molar-refractivity contribution in [1.82, 2.24) is 5.32 Å². The third-order valence-electron chi connectivity index (χ3n) is 4.75. The predicted octanol–water partition coefficient (Wildman–Crippen LogP) is 4.70. The first-order valence-corrected chi connectivity index (χ1v) is 11.4. The van der Waals surface area contributed by atoms with Crippen LogP contribution >= 0.6 is 11.6 Å². The number of benzene rings is 3. The molecule has 0 heterocycles. The van der Waals surface area contributed by atoms with E-state index in [1.165, 1.54) is 18.2 Å². The van der Waals surface area contributed by atoms with Crippen molar-refractivity contribution in [3.63, 3.8) is 0 Å². The van der Waals surface area contributed by atoms with E-state index >= 15 is 0 Å². The number of para-hydroxylation sites is 1. The predicted molar refractivity (Wildman–Crippen MR) is 122 cm³/mol. The van der Waals surface area contributed by atoms with Gasteiger partial charge in [-0.3, -0.25) is 9.52 Å². The van der Waals surface area contributed by atoms with E-state index < -0.39 is 15.9 Å². The molecule has 0 saturated heterocycles. The molecule has 162 valence electrons. The first-order valence-electron chi connectivity index (χ1n) is 9.51. The summed E-state index contributed by atoms with van der Waals surface area (Å²) in [6.45, 7) is 3.91. The zero-order valence-electron chi connectivity index (χ0n) is 17.4. The first kappa shape index (κ1) is 22.7. The normalized spacial score (nSPS) is 11.1. The zero-order valence-corrected chi connectivity index (χ0v) is 19.0. The maximum absolute atomic E-state index is 13.0. The molecule has 0 aliphatic heterocycles. The maximum Gasteiger partial charge on any atom is 0.263 e. The van der Waals surface area contributed by atoms with Gasteiger partial charge in [0, 0.05) is 17.7 Å². The summed E-state index contributed by atoms with van der Waals surface area (Å²) in [5.74, 6) is 0.227. The number of ether oxygens (including phenoxy) is 1. The number of rotatable bonds is 7. The zero-order chi connectivity index (χ0) is 22.6. The lowest BCUT2D eigenvalue weighted by molar-refractivity contribution is 0.0950. The molecule has 0 aliphatic carbocycles. The standard InChI is InChI=1S/C23H23ClN2O4S/c1-15-8-9-16(2)20(12-15)26-31(28,29)22-13-17(10-11-19(22)24)23(27)25-14-18-6-4-5-7-21(18)30-3/h4-13,26H,14H2,1-3H3,(H,25,27). The van der Waals surface area contributed by atoms with Gasteiger partial charge < -0.3 is 10.1 Å². The van der Waals surface area contributed by atoms with Gasteiger partial charge in [0.25, 0.3) is 15.9 Å². The number of anilines is 1. The van der Waals surface area contributed by atoms with E-state index in [0.717, 1.165) is 16.7 Å². The SMILES string of the molecule is COc1ccccc1CNC(=O)c1ccc(Cl)c(S(=O)(=O)Nc2cc(C)ccc2C)c1. The van der Waals surface area contributed by atoms with Crippen molar-refractivity contribution >= 4 is 33.2 Å². The average Bonchev–Trinajstić information content (AvgIpc) is 2.74. The van der Waals surface area contributed by atoms with E-state index in [9.17, 15) is 13.2 Å². The summed E-state index contributed by atoms with van der Waals surface area (Å²) in [5, 5.41) is 2.80. The van der Waals surface area contributed by atoms with E-state index in [1.54, 1.807) is 26.2 Å². The largest absolute Gasteiger partial charge is 0.496 e. The fraction of sp³-hybridized carbons (Fsp3) is 0.174. The number of aryl methyl sites for hydroxylation is 2. The molecule has 0 atom stereocenters. The minimum Gasteiger partial charge on any atom is -0.496 e. The lowest BCUT2D eigenvalue weighted by Gasteiger charge is -2.14. The molecule has 8 heteroatoms. The first-order chi connectivity index (χ1) is 14.7. The summed E-state index contributed by atoms with van der Waals surface area (Å²) in [6.07, 6.45) is 0. The molecule has 0 unspecified atom stereocenters. The Labute approximate surface area is 187 Å². The molecule has 2 N–H and O–H groups in total. The average molecular weight is 459 g/mol. The number of sulfonamides is 1. The summed E-state index contributed by atoms with van der Waals surface area (Å²) in [6, 6.07) is 16.9. The maximum atomic E-state index is 13.0. The third-order valence-corrected chi connectivity index (χ3v) is 6.60. The van der Waals surface area contributed by atoms with E-state index in [1.807, 2.05) is 37.3 Å². The number of hydrogen-bond donors (Lipinski definition) is 2. The van der Waals surface area contributed by atoms with Crippen molar-refractivity contribution in [2.45, 2.75) is 25.3 Å². The van der Waals surface area contributed by atoms with Gasteiger partial charge in [0.1, 0.15) is 10.6 Å². The van der Waals surface area contributed by atoms with E-state index in [-0.39, 0.29) is 22.0 Å². The molecule has 0 aromatic heterocycles. The highest BCUT2D eigenvalue weighted by atomic mass is 35.5. The van der Waals surface area contributed by atoms with Crippen molar-refractivity contribution in [1.29, 1.82) is 0 Å². The molecule has 0 fully saturated rings. The second-order valence-electron chi connectivity index (χ2n) is 7.06. The lowest BCUT2D eigenvalue weighted by atomic mass is 10.1. The second kappa shape index (κ2) is 9.41. The molecule has 0 bridgehead atoms. The van der Waals surface area contributed by atoms with Crippen LogP contribution in [0.2, 0.25) is 5.02 Å². The molecule has 0 spiro atoms. The van der Waals surface area contributed by atoms with E-state index in [2.05, 4.69) is 10.0 Å². The third kappa shape index (κ3) is 5.37. The summed E-state index contributed by atoms with van der Waals surface area (Å²) >= 11 is 6.17. The highest BCUT2D eigenvalue weighted by Crippen LogP contribution is 2.27. The Morgan fingerprint density at radius 3 is 2.52 bits per heavy atom. The summed E-state index contributed by atoms with van der Waals surface area (Å²) in [7, 11) is -2.44. The molecule has 0 saturated carbocycles. The Morgan fingerprint density at radius 1 is 1.03 bits per heavy atom. The van der Waals surface area contributed by atoms with Crippen molar-refractivity contribution in [3.05, 3.63) is 87.9 Å². The Morgan fingerprint density at radius 2 is 1.77 bits per heavy atom. The number of amides is 1. The highest BCUT2D eigenvalue weighted by Gasteiger charge is 2.21. The minimum atomic E-state index is -4.00. The molecular formula is C23H23ClN2O4S. The Hall–Kier alpha value is -3.03. The van der Waals surface area contributed by atoms with Gasteiger partial charge in [0.15, 0.2) is 0 Å². The van der Waals surface area contributed by atoms with Crippen LogP contribution in [-0.4, -0.2) is 21.4 Å². The van der Waals surface area contributed by atoms with E-state index in [4.69, 9.17) is 16.3 Å². The van der Waals surface area contributed by atoms with Crippen LogP contribution in [0.1, 0.15) is 27.0 Å². The number of carbonyl (C=O) groups is 1. The van der Waals surface area contributed by atoms with Crippen molar-refractivity contribution in [2.24, 2.45) is 0 Å². The van der Waals surface area contributed by atoms with Crippen LogP contribution in [0.3, 0.4) is 0 Å². The molecule has 6 nitrogen and oxygen atoms in total. The van der Waals surface area contributed by atoms with Gasteiger partial charge in [0.2, 0.25) is 0 Å². The van der Waals surface area contributed by atoms with Gasteiger partial charge >= 0.3 is 0 Å². The van der Waals surface area contributed by atoms with Crippen molar-refractivity contribution < 1.29 is 17.9 Å². The Bertz CT molecular complexity index is 1230. The van der Waals surface area contributed by atoms with Crippen LogP contribution < -0.4 is 14.8 Å². The number of nitrogens with one attached hydrogen (secondary N) is 2. The molecule has 31 heavy (non-hydrogen) atoms. The van der Waals surface area contributed by atoms with Gasteiger partial charge in [-0.1, -0.05) is 41.9 Å². The van der Waals surface area contributed by atoms with Gasteiger partial charge in [-0.2, -0.15) is 0 Å². The fourth-order valence-electron chi connectivity index (χ4n) is 3.02. The quantitative estimate of drug-likeness (QED) is 0.537. The van der Waals surface area contributed by atoms with Gasteiger partial charge in [0.05, 0.1) is 17.8 Å². The molecule has 0 radical (unpaired) electrons. The molecule has 0 aliphatic rings. The number of methoxy groups -OCH3 is 1. The highest BCUT2D eigenvalue weighted by molar-refractivity contribution is 7.92. The fourth-order valence-corrected chi connectivity index (χ4v) is 4.67. The number of carbonyl (C=O) groups excluding carboxylic acids is 1. The van der Waals surface area contributed by atoms with Gasteiger partial charge in [-0.15, -0.1) is 0 Å². The van der Waals surface area contributed by atoms with Crippen LogP contribution in [0.15, 0.2) is 65.6 Å². The lowest BCUT2D eigenvalue weighted by Crippen LogP contribution is -2.23. The summed E-state index contributed by atoms with van der Waals surface area (Å²) < 4.78 is 33.8. The Kier molecular flexibility index (Phi) is 6.87. The van der Waals surface area contributed by atoms with E-state index in [0.29, 0.717) is 11.4 Å². The monoisotopic (exact) mass is 458 g/mol. The molecule has 1 amide bonds. The number of hydrogen-bond acceptors (Lipinski definition) is 4. The smallest absolute Gasteiger partial charge is 0.263 e.